The SMILES string of the molecule is CCOC(=O)c1ccc(-c2ccncc2)cc1[N+](=O)[O-]. The van der Waals surface area contributed by atoms with Crippen molar-refractivity contribution in [2.45, 2.75) is 6.92 Å². The lowest BCUT2D eigenvalue weighted by molar-refractivity contribution is -0.385. The molecule has 0 spiro atoms. The number of carbonyl (C=O) groups excluding carboxylic acids is 1. The maximum Gasteiger partial charge on any atom is 0.345 e. The van der Waals surface area contributed by atoms with Crippen molar-refractivity contribution in [1.29, 1.82) is 0 Å². The number of hydrogen-bond acceptors (Lipinski definition) is 5. The summed E-state index contributed by atoms with van der Waals surface area (Å²) in [5, 5.41) is 11.1. The predicted molar refractivity (Wildman–Crippen MR) is 72.3 cm³/mol. The highest BCUT2D eigenvalue weighted by molar-refractivity contribution is 5.95. The van der Waals surface area contributed by atoms with Gasteiger partial charge in [0.05, 0.1) is 11.5 Å². The molecule has 6 heteroatoms. The molecule has 0 bridgehead atoms. The Hall–Kier alpha value is -2.76. The maximum atomic E-state index is 11.7. The highest BCUT2D eigenvalue weighted by Crippen LogP contribution is 2.27. The van der Waals surface area contributed by atoms with Crippen molar-refractivity contribution in [1.82, 2.24) is 4.98 Å². The normalized spacial score (nSPS) is 10.1. The summed E-state index contributed by atoms with van der Waals surface area (Å²) < 4.78 is 4.81. The molecule has 1 heterocycles. The quantitative estimate of drug-likeness (QED) is 0.485. The average Bonchev–Trinajstić information content (AvgIpc) is 2.47. The largest absolute Gasteiger partial charge is 0.462 e. The highest BCUT2D eigenvalue weighted by Gasteiger charge is 2.21. The number of esters is 1. The molecule has 0 radical (unpaired) electrons. The lowest BCUT2D eigenvalue weighted by Gasteiger charge is -2.05. The Balaban J connectivity index is 2.48. The van der Waals surface area contributed by atoms with Gasteiger partial charge in [-0.15, -0.1) is 0 Å². The van der Waals surface area contributed by atoms with E-state index in [9.17, 15) is 14.9 Å². The molecule has 1 aromatic heterocycles. The van der Waals surface area contributed by atoms with E-state index in [1.807, 2.05) is 0 Å². The van der Waals surface area contributed by atoms with E-state index >= 15 is 0 Å². The molecule has 6 nitrogen and oxygen atoms in total. The van der Waals surface area contributed by atoms with Crippen LogP contribution in [0.25, 0.3) is 11.1 Å². The Bertz CT molecular complexity index is 641. The highest BCUT2D eigenvalue weighted by atomic mass is 16.6. The lowest BCUT2D eigenvalue weighted by Crippen LogP contribution is -2.08. The van der Waals surface area contributed by atoms with Crippen LogP contribution in [0.4, 0.5) is 5.69 Å². The monoisotopic (exact) mass is 272 g/mol. The lowest BCUT2D eigenvalue weighted by atomic mass is 10.0. The van der Waals surface area contributed by atoms with E-state index in [-0.39, 0.29) is 17.9 Å². The van der Waals surface area contributed by atoms with Crippen molar-refractivity contribution in [3.8, 4) is 11.1 Å². The second-order valence-electron chi connectivity index (χ2n) is 3.95. The van der Waals surface area contributed by atoms with Crippen molar-refractivity contribution in [2.75, 3.05) is 6.61 Å². The number of aromatic nitrogens is 1. The summed E-state index contributed by atoms with van der Waals surface area (Å²) >= 11 is 0. The maximum absolute atomic E-state index is 11.7. The zero-order valence-corrected chi connectivity index (χ0v) is 10.8. The number of nitrogens with zero attached hydrogens (tertiary/aromatic N) is 2. The van der Waals surface area contributed by atoms with E-state index in [0.717, 1.165) is 5.56 Å². The molecule has 0 atom stereocenters. The van der Waals surface area contributed by atoms with Gasteiger partial charge in [-0.3, -0.25) is 15.1 Å². The fraction of sp³-hybridized carbons (Fsp3) is 0.143. The molecule has 0 aliphatic heterocycles. The van der Waals surface area contributed by atoms with Gasteiger partial charge in [-0.05, 0) is 36.2 Å². The molecule has 2 aromatic rings. The van der Waals surface area contributed by atoms with Crippen LogP contribution in [0.5, 0.6) is 0 Å². The minimum atomic E-state index is -0.694. The molecule has 0 saturated carbocycles. The van der Waals surface area contributed by atoms with Crippen molar-refractivity contribution >= 4 is 11.7 Å². The van der Waals surface area contributed by atoms with E-state index in [4.69, 9.17) is 4.74 Å². The third-order valence-corrected chi connectivity index (χ3v) is 2.70. The van der Waals surface area contributed by atoms with Crippen LogP contribution in [-0.2, 0) is 4.74 Å². The van der Waals surface area contributed by atoms with Gasteiger partial charge in [-0.1, -0.05) is 6.07 Å². The zero-order chi connectivity index (χ0) is 14.5. The Morgan fingerprint density at radius 1 is 1.25 bits per heavy atom. The Kier molecular flexibility index (Phi) is 4.05. The van der Waals surface area contributed by atoms with Crippen molar-refractivity contribution in [3.63, 3.8) is 0 Å². The summed E-state index contributed by atoms with van der Waals surface area (Å²) in [6.07, 6.45) is 3.20. The standard InChI is InChI=1S/C14H12N2O4/c1-2-20-14(17)12-4-3-11(9-13(12)16(18)19)10-5-7-15-8-6-10/h3-9H,2H2,1H3. The molecule has 0 N–H and O–H groups in total. The smallest absolute Gasteiger partial charge is 0.345 e. The van der Waals surface area contributed by atoms with Gasteiger partial charge in [0.1, 0.15) is 5.56 Å². The van der Waals surface area contributed by atoms with Gasteiger partial charge in [0.15, 0.2) is 0 Å². The van der Waals surface area contributed by atoms with Gasteiger partial charge in [0.2, 0.25) is 0 Å². The van der Waals surface area contributed by atoms with Gasteiger partial charge < -0.3 is 4.74 Å². The van der Waals surface area contributed by atoms with Gasteiger partial charge in [0.25, 0.3) is 5.69 Å². The summed E-state index contributed by atoms with van der Waals surface area (Å²) in [6, 6.07) is 7.90. The van der Waals surface area contributed by atoms with Gasteiger partial charge in [-0.25, -0.2) is 4.79 Å². The van der Waals surface area contributed by atoms with Gasteiger partial charge in [-0.2, -0.15) is 0 Å². The first-order chi connectivity index (χ1) is 9.63. The molecule has 0 fully saturated rings. The van der Waals surface area contributed by atoms with Crippen LogP contribution in [0.1, 0.15) is 17.3 Å². The molecular formula is C14H12N2O4. The first-order valence-electron chi connectivity index (χ1n) is 5.99. The number of ether oxygens (including phenoxy) is 1. The topological polar surface area (TPSA) is 82.3 Å². The van der Waals surface area contributed by atoms with Crippen LogP contribution in [0.2, 0.25) is 0 Å². The molecule has 0 unspecified atom stereocenters. The van der Waals surface area contributed by atoms with Crippen LogP contribution in [0.3, 0.4) is 0 Å². The Labute approximate surface area is 115 Å². The Morgan fingerprint density at radius 2 is 1.95 bits per heavy atom. The van der Waals surface area contributed by atoms with Crippen LogP contribution in [0, 0.1) is 10.1 Å². The molecule has 0 saturated heterocycles. The summed E-state index contributed by atoms with van der Waals surface area (Å²) in [6.45, 7) is 1.82. The zero-order valence-electron chi connectivity index (χ0n) is 10.8. The van der Waals surface area contributed by atoms with E-state index in [0.29, 0.717) is 5.56 Å². The average molecular weight is 272 g/mol. The van der Waals surface area contributed by atoms with Crippen molar-refractivity contribution in [3.05, 3.63) is 58.4 Å². The third kappa shape index (κ3) is 2.80. The van der Waals surface area contributed by atoms with Gasteiger partial charge in [0, 0.05) is 18.5 Å². The van der Waals surface area contributed by atoms with Crippen LogP contribution < -0.4 is 0 Å². The molecule has 20 heavy (non-hydrogen) atoms. The van der Waals surface area contributed by atoms with Crippen molar-refractivity contribution in [2.24, 2.45) is 0 Å². The molecule has 0 amide bonds. The van der Waals surface area contributed by atoms with Crippen LogP contribution >= 0.6 is 0 Å². The molecule has 0 aliphatic carbocycles. The fourth-order valence-electron chi connectivity index (χ4n) is 1.79. The summed E-state index contributed by atoms with van der Waals surface area (Å²) in [7, 11) is 0. The Morgan fingerprint density at radius 3 is 2.55 bits per heavy atom. The van der Waals surface area contributed by atoms with Crippen molar-refractivity contribution < 1.29 is 14.5 Å². The summed E-state index contributed by atoms with van der Waals surface area (Å²) in [4.78, 5) is 26.1. The molecule has 2 rings (SSSR count). The summed E-state index contributed by atoms with van der Waals surface area (Å²) in [5.41, 5.74) is 1.12. The number of pyridine rings is 1. The number of nitro benzene ring substituents is 1. The van der Waals surface area contributed by atoms with E-state index in [1.165, 1.54) is 12.1 Å². The summed E-state index contributed by atoms with van der Waals surface area (Å²) in [5.74, 6) is -0.694. The second kappa shape index (κ2) is 5.92. The number of carbonyl (C=O) groups is 1. The van der Waals surface area contributed by atoms with E-state index in [1.54, 1.807) is 37.5 Å². The third-order valence-electron chi connectivity index (χ3n) is 2.70. The fourth-order valence-corrected chi connectivity index (χ4v) is 1.79. The van der Waals surface area contributed by atoms with Crippen LogP contribution in [-0.4, -0.2) is 22.5 Å². The first kappa shape index (κ1) is 13.7. The predicted octanol–water partition coefficient (Wildman–Crippen LogP) is 2.83. The number of nitro groups is 1. The number of benzene rings is 1. The van der Waals surface area contributed by atoms with E-state index in [2.05, 4.69) is 4.98 Å². The molecular weight excluding hydrogens is 260 g/mol. The van der Waals surface area contributed by atoms with E-state index < -0.39 is 10.9 Å². The van der Waals surface area contributed by atoms with Crippen LogP contribution in [0.15, 0.2) is 42.7 Å². The second-order valence-corrected chi connectivity index (χ2v) is 3.95. The number of rotatable bonds is 4. The minimum Gasteiger partial charge on any atom is -0.462 e. The van der Waals surface area contributed by atoms with Gasteiger partial charge >= 0.3 is 5.97 Å². The number of hydrogen-bond donors (Lipinski definition) is 0. The molecule has 0 aliphatic rings. The minimum absolute atomic E-state index is 0.0466. The molecule has 102 valence electrons. The molecule has 1 aromatic carbocycles. The first-order valence-corrected chi connectivity index (χ1v) is 5.99.